The van der Waals surface area contributed by atoms with Crippen molar-refractivity contribution < 1.29 is 4.79 Å². The van der Waals surface area contributed by atoms with Crippen molar-refractivity contribution in [3.63, 3.8) is 0 Å². The molecule has 2 aliphatic heterocycles. The summed E-state index contributed by atoms with van der Waals surface area (Å²) in [6, 6.07) is 13.0. The molecule has 0 saturated carbocycles. The number of aromatic nitrogens is 1. The predicted octanol–water partition coefficient (Wildman–Crippen LogP) is 4.51. The highest BCUT2D eigenvalue weighted by Gasteiger charge is 2.56. The first kappa shape index (κ1) is 19.1. The van der Waals surface area contributed by atoms with E-state index < -0.39 is 0 Å². The standard InChI is InChI=1S/C24H31N3O/c1-17(2)16-27-20-9-12-24(27,13-10-20)22(19-7-5-4-6-8-19)26-23(28)21-11-14-25-15-18(21)3/h4-8,11,14-15,17,20,22H,9-10,12-13,16H2,1-3H3,(H,26,28). The SMILES string of the molecule is Cc1cnccc1C(=O)NC(c1ccccc1)C12CCC(CC1)N2CC(C)C. The Bertz CT molecular complexity index is 825. The van der Waals surface area contributed by atoms with Crippen molar-refractivity contribution in [2.75, 3.05) is 6.54 Å². The highest BCUT2D eigenvalue weighted by atomic mass is 16.1. The fraction of sp³-hybridized carbons (Fsp3) is 0.500. The molecule has 1 aromatic carbocycles. The van der Waals surface area contributed by atoms with E-state index in [-0.39, 0.29) is 17.5 Å². The molecular weight excluding hydrogens is 346 g/mol. The Labute approximate surface area is 168 Å². The first-order chi connectivity index (χ1) is 13.5. The van der Waals surface area contributed by atoms with E-state index in [1.54, 1.807) is 12.4 Å². The third-order valence-electron chi connectivity index (χ3n) is 6.61. The van der Waals surface area contributed by atoms with Crippen LogP contribution in [0.5, 0.6) is 0 Å². The molecule has 4 nitrogen and oxygen atoms in total. The van der Waals surface area contributed by atoms with Gasteiger partial charge in [-0.1, -0.05) is 44.2 Å². The molecule has 28 heavy (non-hydrogen) atoms. The van der Waals surface area contributed by atoms with Gasteiger partial charge in [-0.2, -0.15) is 0 Å². The molecule has 2 aliphatic rings. The van der Waals surface area contributed by atoms with Gasteiger partial charge in [-0.25, -0.2) is 0 Å². The minimum absolute atomic E-state index is 0.0000142. The van der Waals surface area contributed by atoms with Gasteiger partial charge in [0, 0.05) is 36.1 Å². The van der Waals surface area contributed by atoms with E-state index in [9.17, 15) is 4.79 Å². The average Bonchev–Trinajstić information content (AvgIpc) is 3.21. The molecule has 4 heteroatoms. The topological polar surface area (TPSA) is 45.2 Å². The lowest BCUT2D eigenvalue weighted by Crippen LogP contribution is -2.53. The minimum atomic E-state index is 0.0000142. The Morgan fingerprint density at radius 3 is 2.57 bits per heavy atom. The lowest BCUT2D eigenvalue weighted by Gasteiger charge is -2.43. The van der Waals surface area contributed by atoms with Gasteiger partial charge in [-0.15, -0.1) is 0 Å². The third-order valence-corrected chi connectivity index (χ3v) is 6.61. The van der Waals surface area contributed by atoms with Crippen molar-refractivity contribution in [2.45, 2.75) is 64.1 Å². The van der Waals surface area contributed by atoms with Gasteiger partial charge in [0.15, 0.2) is 0 Å². The summed E-state index contributed by atoms with van der Waals surface area (Å²) in [5.74, 6) is 0.621. The molecule has 4 rings (SSSR count). The quantitative estimate of drug-likeness (QED) is 0.805. The van der Waals surface area contributed by atoms with Crippen molar-refractivity contribution in [3.05, 3.63) is 65.5 Å². The number of carbonyl (C=O) groups excluding carboxylic acids is 1. The second-order valence-corrected chi connectivity index (χ2v) is 8.89. The van der Waals surface area contributed by atoms with Crippen LogP contribution >= 0.6 is 0 Å². The molecule has 1 aromatic heterocycles. The molecule has 3 heterocycles. The molecule has 2 bridgehead atoms. The van der Waals surface area contributed by atoms with E-state index >= 15 is 0 Å². The fourth-order valence-corrected chi connectivity index (χ4v) is 5.35. The number of hydrogen-bond donors (Lipinski definition) is 1. The molecule has 2 aromatic rings. The number of rotatable bonds is 6. The highest BCUT2D eigenvalue weighted by molar-refractivity contribution is 5.95. The number of pyridine rings is 1. The van der Waals surface area contributed by atoms with E-state index in [2.05, 4.69) is 53.3 Å². The van der Waals surface area contributed by atoms with Gasteiger partial charge in [0.2, 0.25) is 0 Å². The van der Waals surface area contributed by atoms with Crippen LogP contribution in [0.4, 0.5) is 0 Å². The maximum Gasteiger partial charge on any atom is 0.252 e. The van der Waals surface area contributed by atoms with E-state index in [0.29, 0.717) is 12.0 Å². The fourth-order valence-electron chi connectivity index (χ4n) is 5.35. The van der Waals surface area contributed by atoms with Crippen LogP contribution in [-0.2, 0) is 0 Å². The van der Waals surface area contributed by atoms with E-state index in [4.69, 9.17) is 0 Å². The molecule has 148 valence electrons. The first-order valence-electron chi connectivity index (χ1n) is 10.5. The highest BCUT2D eigenvalue weighted by Crippen LogP contribution is 2.53. The van der Waals surface area contributed by atoms with Gasteiger partial charge in [0.05, 0.1) is 6.04 Å². The summed E-state index contributed by atoms with van der Waals surface area (Å²) in [6.07, 6.45) is 8.24. The first-order valence-corrected chi connectivity index (χ1v) is 10.5. The number of hydrogen-bond acceptors (Lipinski definition) is 3. The number of aryl methyl sites for hydroxylation is 1. The van der Waals surface area contributed by atoms with Crippen LogP contribution in [0.2, 0.25) is 0 Å². The number of nitrogens with one attached hydrogen (secondary N) is 1. The van der Waals surface area contributed by atoms with Gasteiger partial charge in [-0.3, -0.25) is 14.7 Å². The number of carbonyl (C=O) groups is 1. The molecule has 1 unspecified atom stereocenters. The Hall–Kier alpha value is -2.20. The van der Waals surface area contributed by atoms with Crippen LogP contribution < -0.4 is 5.32 Å². The summed E-state index contributed by atoms with van der Waals surface area (Å²) in [6.45, 7) is 7.63. The summed E-state index contributed by atoms with van der Waals surface area (Å²) in [4.78, 5) is 20.1. The lowest BCUT2D eigenvalue weighted by molar-refractivity contribution is 0.0742. The number of nitrogens with zero attached hydrogens (tertiary/aromatic N) is 2. The number of benzene rings is 1. The van der Waals surface area contributed by atoms with Crippen LogP contribution in [0.3, 0.4) is 0 Å². The van der Waals surface area contributed by atoms with Crippen molar-refractivity contribution in [3.8, 4) is 0 Å². The average molecular weight is 378 g/mol. The minimum Gasteiger partial charge on any atom is -0.343 e. The van der Waals surface area contributed by atoms with E-state index in [1.165, 1.54) is 18.4 Å². The number of amides is 1. The van der Waals surface area contributed by atoms with E-state index in [1.807, 2.05) is 19.1 Å². The molecule has 1 atom stereocenters. The van der Waals surface area contributed by atoms with Crippen molar-refractivity contribution in [1.82, 2.24) is 15.2 Å². The zero-order valence-electron chi connectivity index (χ0n) is 17.2. The second kappa shape index (κ2) is 7.67. The smallest absolute Gasteiger partial charge is 0.252 e. The molecular formula is C24H31N3O. The Morgan fingerprint density at radius 2 is 1.93 bits per heavy atom. The monoisotopic (exact) mass is 377 g/mol. The van der Waals surface area contributed by atoms with Gasteiger partial charge in [-0.05, 0) is 55.7 Å². The van der Waals surface area contributed by atoms with Crippen LogP contribution in [0, 0.1) is 12.8 Å². The summed E-state index contributed by atoms with van der Waals surface area (Å²) >= 11 is 0. The second-order valence-electron chi connectivity index (χ2n) is 8.89. The van der Waals surface area contributed by atoms with Crippen molar-refractivity contribution in [1.29, 1.82) is 0 Å². The lowest BCUT2D eigenvalue weighted by atomic mass is 9.78. The molecule has 0 radical (unpaired) electrons. The Balaban J connectivity index is 1.71. The van der Waals surface area contributed by atoms with Crippen LogP contribution in [0.1, 0.15) is 67.1 Å². The van der Waals surface area contributed by atoms with Gasteiger partial charge >= 0.3 is 0 Å². The van der Waals surface area contributed by atoms with Crippen molar-refractivity contribution in [2.24, 2.45) is 5.92 Å². The zero-order chi connectivity index (χ0) is 19.7. The van der Waals surface area contributed by atoms with Crippen LogP contribution in [-0.4, -0.2) is 33.9 Å². The maximum atomic E-state index is 13.2. The summed E-state index contributed by atoms with van der Waals surface area (Å²) in [5, 5.41) is 3.45. The van der Waals surface area contributed by atoms with Gasteiger partial charge in [0.25, 0.3) is 5.91 Å². The normalized spacial score (nSPS) is 25.2. The Kier molecular flexibility index (Phi) is 5.24. The third kappa shape index (κ3) is 3.35. The van der Waals surface area contributed by atoms with Crippen molar-refractivity contribution >= 4 is 5.91 Å². The molecule has 1 amide bonds. The van der Waals surface area contributed by atoms with E-state index in [0.717, 1.165) is 30.5 Å². The largest absolute Gasteiger partial charge is 0.343 e. The maximum absolute atomic E-state index is 13.2. The summed E-state index contributed by atoms with van der Waals surface area (Å²) in [7, 11) is 0. The molecule has 2 fully saturated rings. The predicted molar refractivity (Wildman–Crippen MR) is 112 cm³/mol. The van der Waals surface area contributed by atoms with Crippen LogP contribution in [0.15, 0.2) is 48.8 Å². The molecule has 1 N–H and O–H groups in total. The molecule has 0 spiro atoms. The zero-order valence-corrected chi connectivity index (χ0v) is 17.2. The van der Waals surface area contributed by atoms with Gasteiger partial charge < -0.3 is 5.32 Å². The summed E-state index contributed by atoms with van der Waals surface area (Å²) < 4.78 is 0. The number of fused-ring (bicyclic) bond motifs is 2. The molecule has 2 saturated heterocycles. The van der Waals surface area contributed by atoms with Crippen LogP contribution in [0.25, 0.3) is 0 Å². The molecule has 0 aliphatic carbocycles. The van der Waals surface area contributed by atoms with Gasteiger partial charge in [0.1, 0.15) is 0 Å². The summed E-state index contributed by atoms with van der Waals surface area (Å²) in [5.41, 5.74) is 2.86. The Morgan fingerprint density at radius 1 is 1.21 bits per heavy atom.